The summed E-state index contributed by atoms with van der Waals surface area (Å²) in [6, 6.07) is 26.2. The fraction of sp³-hybridized carbons (Fsp3) is 0.0968. The summed E-state index contributed by atoms with van der Waals surface area (Å²) in [5.74, 6) is 2.96. The molecule has 0 radical (unpaired) electrons. The quantitative estimate of drug-likeness (QED) is 0.333. The predicted octanol–water partition coefficient (Wildman–Crippen LogP) is 7.73. The van der Waals surface area contributed by atoms with E-state index in [9.17, 15) is 0 Å². The van der Waals surface area contributed by atoms with Gasteiger partial charge in [-0.25, -0.2) is 0 Å². The van der Waals surface area contributed by atoms with E-state index < -0.39 is 0 Å². The maximum atomic E-state index is 5.46. The van der Waals surface area contributed by atoms with Crippen LogP contribution in [0.4, 0.5) is 11.4 Å². The first-order valence-corrected chi connectivity index (χ1v) is 11.3. The van der Waals surface area contributed by atoms with Crippen LogP contribution in [0, 0.1) is 19.3 Å². The molecule has 2 heterocycles. The molecule has 2 heteroatoms. The molecular formula is C31H24N2. The Morgan fingerprint density at radius 1 is 1.00 bits per heavy atom. The Morgan fingerprint density at radius 3 is 2.67 bits per heavy atom. The van der Waals surface area contributed by atoms with E-state index in [0.717, 1.165) is 17.6 Å². The molecule has 1 unspecified atom stereocenters. The Bertz CT molecular complexity index is 1510. The molecule has 1 N–H and O–H groups in total. The summed E-state index contributed by atoms with van der Waals surface area (Å²) in [6.45, 7) is 2.10. The number of fused-ring (bicyclic) bond motifs is 4. The number of aromatic nitrogens is 1. The van der Waals surface area contributed by atoms with E-state index in [1.807, 2.05) is 6.08 Å². The van der Waals surface area contributed by atoms with Gasteiger partial charge in [-0.1, -0.05) is 54.5 Å². The van der Waals surface area contributed by atoms with Crippen molar-refractivity contribution in [2.24, 2.45) is 0 Å². The fourth-order valence-electron chi connectivity index (χ4n) is 5.29. The maximum absolute atomic E-state index is 5.46. The van der Waals surface area contributed by atoms with Gasteiger partial charge >= 0.3 is 0 Å². The molecule has 0 saturated carbocycles. The molecule has 6 rings (SSSR count). The summed E-state index contributed by atoms with van der Waals surface area (Å²) >= 11 is 0. The summed E-state index contributed by atoms with van der Waals surface area (Å²) in [7, 11) is 0. The van der Waals surface area contributed by atoms with Gasteiger partial charge in [0.25, 0.3) is 0 Å². The average molecular weight is 425 g/mol. The highest BCUT2D eigenvalue weighted by Crippen LogP contribution is 2.52. The molecule has 1 atom stereocenters. The second-order valence-corrected chi connectivity index (χ2v) is 8.69. The van der Waals surface area contributed by atoms with Gasteiger partial charge in [0.1, 0.15) is 0 Å². The van der Waals surface area contributed by atoms with Crippen molar-refractivity contribution in [1.29, 1.82) is 0 Å². The minimum atomic E-state index is 0.353. The first-order chi connectivity index (χ1) is 16.2. The molecule has 0 saturated heterocycles. The molecule has 0 amide bonds. The summed E-state index contributed by atoms with van der Waals surface area (Å²) in [6.07, 6.45) is 14.8. The standard InChI is InChI=1S/C31H24N2/c1-3-4-12-25-21(2)32-29-17-15-22(19-27(25)29)23-16-18-31-28(20-23)26-13-8-9-14-30(26)33(31)24-10-6-5-7-11-24/h1,4-19,28,32H,20H2,2H3/b12-4-. The molecule has 2 aliphatic rings. The van der Waals surface area contributed by atoms with Crippen molar-refractivity contribution in [3.05, 3.63) is 119 Å². The first kappa shape index (κ1) is 19.5. The third-order valence-electron chi connectivity index (χ3n) is 6.81. The molecule has 1 aliphatic heterocycles. The van der Waals surface area contributed by atoms with Gasteiger partial charge in [0.15, 0.2) is 0 Å². The molecule has 0 spiro atoms. The van der Waals surface area contributed by atoms with Gasteiger partial charge < -0.3 is 9.88 Å². The number of nitrogens with zero attached hydrogens (tertiary/aromatic N) is 1. The molecule has 1 aromatic heterocycles. The third kappa shape index (κ3) is 3.13. The van der Waals surface area contributed by atoms with Gasteiger partial charge in [-0.05, 0) is 78.6 Å². The minimum absolute atomic E-state index is 0.353. The van der Waals surface area contributed by atoms with Crippen molar-refractivity contribution in [2.45, 2.75) is 19.3 Å². The zero-order valence-corrected chi connectivity index (χ0v) is 18.5. The van der Waals surface area contributed by atoms with Crippen molar-refractivity contribution in [1.82, 2.24) is 4.98 Å². The smallest absolute Gasteiger partial charge is 0.0497 e. The molecule has 158 valence electrons. The number of H-pyrrole nitrogens is 1. The van der Waals surface area contributed by atoms with Crippen LogP contribution < -0.4 is 4.90 Å². The number of anilines is 2. The van der Waals surface area contributed by atoms with E-state index in [1.54, 1.807) is 6.08 Å². The molecular weight excluding hydrogens is 400 g/mol. The van der Waals surface area contributed by atoms with E-state index in [-0.39, 0.29) is 0 Å². The first-order valence-electron chi connectivity index (χ1n) is 11.3. The second-order valence-electron chi connectivity index (χ2n) is 8.69. The normalized spacial score (nSPS) is 17.0. The van der Waals surface area contributed by atoms with Crippen LogP contribution in [0.2, 0.25) is 0 Å². The van der Waals surface area contributed by atoms with Crippen LogP contribution in [0.5, 0.6) is 0 Å². The van der Waals surface area contributed by atoms with Gasteiger partial charge in [-0.2, -0.15) is 0 Å². The zero-order chi connectivity index (χ0) is 22.4. The average Bonchev–Trinajstić information content (AvgIpc) is 3.36. The van der Waals surface area contributed by atoms with Crippen LogP contribution in [0.1, 0.15) is 34.7 Å². The van der Waals surface area contributed by atoms with Crippen LogP contribution in [0.25, 0.3) is 22.6 Å². The number of terminal acetylenes is 1. The molecule has 3 aromatic carbocycles. The Balaban J connectivity index is 1.44. The van der Waals surface area contributed by atoms with Gasteiger partial charge in [0.05, 0.1) is 0 Å². The van der Waals surface area contributed by atoms with E-state index in [2.05, 4.69) is 108 Å². The molecule has 1 aliphatic carbocycles. The largest absolute Gasteiger partial charge is 0.358 e. The number of hydrogen-bond donors (Lipinski definition) is 1. The van der Waals surface area contributed by atoms with Crippen LogP contribution >= 0.6 is 0 Å². The number of benzene rings is 3. The number of nitrogens with one attached hydrogen (secondary N) is 1. The van der Waals surface area contributed by atoms with Gasteiger partial charge in [0, 0.05) is 45.2 Å². The van der Waals surface area contributed by atoms with Crippen LogP contribution in [-0.2, 0) is 0 Å². The van der Waals surface area contributed by atoms with Crippen LogP contribution in [0.15, 0.2) is 96.7 Å². The molecule has 2 nitrogen and oxygen atoms in total. The summed E-state index contributed by atoms with van der Waals surface area (Å²) in [4.78, 5) is 5.89. The summed E-state index contributed by atoms with van der Waals surface area (Å²) in [5.41, 5.74) is 11.3. The van der Waals surface area contributed by atoms with Crippen LogP contribution in [0.3, 0.4) is 0 Å². The maximum Gasteiger partial charge on any atom is 0.0497 e. The highest BCUT2D eigenvalue weighted by molar-refractivity contribution is 5.94. The Morgan fingerprint density at radius 2 is 1.82 bits per heavy atom. The van der Waals surface area contributed by atoms with Crippen molar-refractivity contribution < 1.29 is 0 Å². The lowest BCUT2D eigenvalue weighted by molar-refractivity contribution is 0.832. The fourth-order valence-corrected chi connectivity index (χ4v) is 5.29. The molecule has 4 aromatic rings. The lowest BCUT2D eigenvalue weighted by Crippen LogP contribution is -2.15. The summed E-state index contributed by atoms with van der Waals surface area (Å²) < 4.78 is 0. The Kier molecular flexibility index (Phi) is 4.56. The van der Waals surface area contributed by atoms with Gasteiger partial charge in [-0.15, -0.1) is 6.42 Å². The van der Waals surface area contributed by atoms with Crippen molar-refractivity contribution in [2.75, 3.05) is 4.90 Å². The van der Waals surface area contributed by atoms with Crippen molar-refractivity contribution in [3.63, 3.8) is 0 Å². The Labute approximate surface area is 194 Å². The van der Waals surface area contributed by atoms with E-state index in [1.165, 1.54) is 44.7 Å². The highest BCUT2D eigenvalue weighted by Gasteiger charge is 2.36. The summed E-state index contributed by atoms with van der Waals surface area (Å²) in [5, 5.41) is 1.21. The number of para-hydroxylation sites is 2. The molecule has 33 heavy (non-hydrogen) atoms. The van der Waals surface area contributed by atoms with Crippen molar-refractivity contribution >= 4 is 33.9 Å². The van der Waals surface area contributed by atoms with Crippen molar-refractivity contribution in [3.8, 4) is 12.3 Å². The van der Waals surface area contributed by atoms with Gasteiger partial charge in [0.2, 0.25) is 0 Å². The highest BCUT2D eigenvalue weighted by atomic mass is 15.2. The van der Waals surface area contributed by atoms with E-state index >= 15 is 0 Å². The van der Waals surface area contributed by atoms with Crippen LogP contribution in [-0.4, -0.2) is 4.98 Å². The lowest BCUT2D eigenvalue weighted by Gasteiger charge is -2.26. The van der Waals surface area contributed by atoms with E-state index in [4.69, 9.17) is 6.42 Å². The van der Waals surface area contributed by atoms with Gasteiger partial charge in [-0.3, -0.25) is 0 Å². The monoisotopic (exact) mass is 424 g/mol. The predicted molar refractivity (Wildman–Crippen MR) is 139 cm³/mol. The molecule has 0 bridgehead atoms. The SMILES string of the molecule is C#C/C=C\c1c(C)[nH]c2ccc(C3=CC=C4C(C3)c3ccccc3N4c3ccccc3)cc12. The Hall–Kier alpha value is -4.22. The number of allylic oxidation sites excluding steroid dienone is 5. The second kappa shape index (κ2) is 7.73. The number of aromatic amines is 1. The molecule has 0 fully saturated rings. The number of hydrogen-bond acceptors (Lipinski definition) is 1. The minimum Gasteiger partial charge on any atom is -0.358 e. The topological polar surface area (TPSA) is 19.0 Å². The number of rotatable bonds is 3. The lowest BCUT2D eigenvalue weighted by atomic mass is 9.84. The van der Waals surface area contributed by atoms with E-state index in [0.29, 0.717) is 5.92 Å². The zero-order valence-electron chi connectivity index (χ0n) is 18.5. The number of aryl methyl sites for hydroxylation is 1. The third-order valence-corrected chi connectivity index (χ3v) is 6.81.